The van der Waals surface area contributed by atoms with E-state index in [0.717, 1.165) is 12.8 Å². The van der Waals surface area contributed by atoms with Gasteiger partial charge in [-0.1, -0.05) is 19.4 Å². The van der Waals surface area contributed by atoms with Gasteiger partial charge in [0.2, 0.25) is 0 Å². The van der Waals surface area contributed by atoms with Gasteiger partial charge in [0.05, 0.1) is 0 Å². The van der Waals surface area contributed by atoms with Gasteiger partial charge < -0.3 is 0 Å². The van der Waals surface area contributed by atoms with E-state index in [-0.39, 0.29) is 0 Å². The van der Waals surface area contributed by atoms with Crippen molar-refractivity contribution in [3.8, 4) is 0 Å². The highest BCUT2D eigenvalue weighted by Crippen LogP contribution is 1.88. The molecule has 52 valence electrons. The molecule has 0 saturated heterocycles. The summed E-state index contributed by atoms with van der Waals surface area (Å²) in [6.07, 6.45) is 4.84. The summed E-state index contributed by atoms with van der Waals surface area (Å²) in [5, 5.41) is 0. The smallest absolute Gasteiger partial charge is 0.186 e. The van der Waals surface area contributed by atoms with Crippen LogP contribution in [-0.2, 0) is 4.79 Å². The van der Waals surface area contributed by atoms with Crippen molar-refractivity contribution in [1.29, 1.82) is 0 Å². The minimum absolute atomic E-state index is 0.441. The lowest BCUT2D eigenvalue weighted by molar-refractivity contribution is -0.115. The minimum atomic E-state index is -0.875. The molecule has 0 aromatic rings. The van der Waals surface area contributed by atoms with Gasteiger partial charge in [0, 0.05) is 0 Å². The largest absolute Gasteiger partial charge is 0.292 e. The summed E-state index contributed by atoms with van der Waals surface area (Å²) in [7, 11) is 0. The van der Waals surface area contributed by atoms with Crippen LogP contribution in [0.3, 0.4) is 0 Å². The number of ketones is 1. The molecule has 0 aromatic heterocycles. The Hall–Kier alpha value is -0.660. The molecule has 0 radical (unpaired) electrons. The van der Waals surface area contributed by atoms with Crippen molar-refractivity contribution in [3.05, 3.63) is 12.2 Å². The normalized spacial score (nSPS) is 10.4. The Morgan fingerprint density at radius 1 is 1.67 bits per heavy atom. The maximum absolute atomic E-state index is 11.4. The van der Waals surface area contributed by atoms with Gasteiger partial charge in [0.25, 0.3) is 0 Å². The van der Waals surface area contributed by atoms with Gasteiger partial charge in [-0.2, -0.15) is 0 Å². The fraction of sp³-hybridized carbons (Fsp3) is 0.571. The third-order valence-electron chi connectivity index (χ3n) is 0.891. The molecule has 0 atom stereocenters. The molecule has 0 aromatic carbocycles. The van der Waals surface area contributed by atoms with Crippen molar-refractivity contribution < 1.29 is 9.18 Å². The number of rotatable bonds is 4. The van der Waals surface area contributed by atoms with E-state index < -0.39 is 12.5 Å². The molecule has 0 heterocycles. The first-order chi connectivity index (χ1) is 4.31. The predicted molar refractivity (Wildman–Crippen MR) is 35.0 cm³/mol. The third kappa shape index (κ3) is 5.21. The zero-order valence-corrected chi connectivity index (χ0v) is 5.56. The van der Waals surface area contributed by atoms with Crippen LogP contribution in [0.2, 0.25) is 0 Å². The first-order valence-electron chi connectivity index (χ1n) is 3.06. The van der Waals surface area contributed by atoms with Crippen LogP contribution in [0.5, 0.6) is 0 Å². The van der Waals surface area contributed by atoms with Crippen molar-refractivity contribution >= 4 is 5.78 Å². The zero-order valence-electron chi connectivity index (χ0n) is 5.56. The van der Waals surface area contributed by atoms with Crippen molar-refractivity contribution in [2.75, 3.05) is 6.67 Å². The molecule has 0 saturated carbocycles. The van der Waals surface area contributed by atoms with Crippen LogP contribution in [0.1, 0.15) is 19.8 Å². The lowest BCUT2D eigenvalue weighted by Gasteiger charge is -1.82. The number of unbranched alkanes of at least 4 members (excludes halogenated alkanes) is 1. The fourth-order valence-electron chi connectivity index (χ4n) is 0.426. The second-order valence-corrected chi connectivity index (χ2v) is 1.79. The molecule has 0 N–H and O–H groups in total. The van der Waals surface area contributed by atoms with Crippen LogP contribution < -0.4 is 0 Å². The molecule has 2 heteroatoms. The molecule has 0 aliphatic rings. The second kappa shape index (κ2) is 5.48. The van der Waals surface area contributed by atoms with Crippen LogP contribution in [-0.4, -0.2) is 12.5 Å². The van der Waals surface area contributed by atoms with E-state index in [4.69, 9.17) is 0 Å². The standard InChI is InChI=1S/C7H11FO/c1-2-3-4-5-7(9)6-8/h4-5H,2-3,6H2,1H3. The number of hydrogen-bond acceptors (Lipinski definition) is 1. The first-order valence-corrected chi connectivity index (χ1v) is 3.06. The van der Waals surface area contributed by atoms with Crippen LogP contribution in [0.15, 0.2) is 12.2 Å². The van der Waals surface area contributed by atoms with Crippen molar-refractivity contribution in [2.24, 2.45) is 0 Å². The topological polar surface area (TPSA) is 17.1 Å². The van der Waals surface area contributed by atoms with Gasteiger partial charge in [-0.15, -0.1) is 0 Å². The summed E-state index contributed by atoms with van der Waals surface area (Å²) in [5.74, 6) is -0.441. The molecule has 0 bridgehead atoms. The Labute approximate surface area is 54.6 Å². The third-order valence-corrected chi connectivity index (χ3v) is 0.891. The maximum atomic E-state index is 11.4. The van der Waals surface area contributed by atoms with E-state index in [9.17, 15) is 9.18 Å². The summed E-state index contributed by atoms with van der Waals surface area (Å²) in [6, 6.07) is 0. The lowest BCUT2D eigenvalue weighted by atomic mass is 10.3. The second-order valence-electron chi connectivity index (χ2n) is 1.79. The van der Waals surface area contributed by atoms with Crippen molar-refractivity contribution in [2.45, 2.75) is 19.8 Å². The molecule has 1 nitrogen and oxygen atoms in total. The van der Waals surface area contributed by atoms with E-state index in [0.29, 0.717) is 0 Å². The van der Waals surface area contributed by atoms with Gasteiger partial charge in [0.1, 0.15) is 0 Å². The van der Waals surface area contributed by atoms with Crippen LogP contribution in [0, 0.1) is 0 Å². The van der Waals surface area contributed by atoms with E-state index >= 15 is 0 Å². The van der Waals surface area contributed by atoms with Crippen molar-refractivity contribution in [1.82, 2.24) is 0 Å². The quantitative estimate of drug-likeness (QED) is 0.531. The Kier molecular flexibility index (Phi) is 5.07. The summed E-state index contributed by atoms with van der Waals surface area (Å²) in [5.41, 5.74) is 0. The molecule has 0 rings (SSSR count). The number of carbonyl (C=O) groups is 1. The average molecular weight is 130 g/mol. The molecule has 0 spiro atoms. The molecular weight excluding hydrogens is 119 g/mol. The van der Waals surface area contributed by atoms with Gasteiger partial charge in [-0.05, 0) is 12.5 Å². The van der Waals surface area contributed by atoms with E-state index in [2.05, 4.69) is 0 Å². The van der Waals surface area contributed by atoms with E-state index in [1.54, 1.807) is 6.08 Å². The van der Waals surface area contributed by atoms with Gasteiger partial charge in [-0.3, -0.25) is 4.79 Å². The Morgan fingerprint density at radius 2 is 2.33 bits per heavy atom. The Bertz CT molecular complexity index is 107. The van der Waals surface area contributed by atoms with Gasteiger partial charge in [0.15, 0.2) is 12.5 Å². The number of allylic oxidation sites excluding steroid dienone is 2. The van der Waals surface area contributed by atoms with E-state index in [1.807, 2.05) is 6.92 Å². The summed E-state index contributed by atoms with van der Waals surface area (Å²) in [4.78, 5) is 10.2. The number of carbonyl (C=O) groups excluding carboxylic acids is 1. The average Bonchev–Trinajstić information content (AvgIpc) is 1.89. The van der Waals surface area contributed by atoms with Crippen LogP contribution in [0.25, 0.3) is 0 Å². The number of alkyl halides is 1. The monoisotopic (exact) mass is 130 g/mol. The molecule has 0 fully saturated rings. The highest BCUT2D eigenvalue weighted by molar-refractivity contribution is 5.90. The molecule has 0 aliphatic carbocycles. The highest BCUT2D eigenvalue weighted by Gasteiger charge is 1.89. The van der Waals surface area contributed by atoms with Gasteiger partial charge >= 0.3 is 0 Å². The summed E-state index contributed by atoms with van der Waals surface area (Å²) < 4.78 is 11.4. The molecule has 0 amide bonds. The number of halogens is 1. The SMILES string of the molecule is CCCC=CC(=O)CF. The first kappa shape index (κ1) is 8.34. The Balaban J connectivity index is 3.32. The zero-order chi connectivity index (χ0) is 7.11. The van der Waals surface area contributed by atoms with E-state index in [1.165, 1.54) is 6.08 Å². The van der Waals surface area contributed by atoms with Crippen LogP contribution in [0.4, 0.5) is 4.39 Å². The maximum Gasteiger partial charge on any atom is 0.186 e. The van der Waals surface area contributed by atoms with Crippen LogP contribution >= 0.6 is 0 Å². The molecular formula is C7H11FO. The molecule has 0 aliphatic heterocycles. The van der Waals surface area contributed by atoms with Gasteiger partial charge in [-0.25, -0.2) is 4.39 Å². The fourth-order valence-corrected chi connectivity index (χ4v) is 0.426. The lowest BCUT2D eigenvalue weighted by Crippen LogP contribution is -1.92. The minimum Gasteiger partial charge on any atom is -0.292 e. The van der Waals surface area contributed by atoms with Crippen molar-refractivity contribution in [3.63, 3.8) is 0 Å². The Morgan fingerprint density at radius 3 is 2.78 bits per heavy atom. The summed E-state index contributed by atoms with van der Waals surface area (Å²) in [6.45, 7) is 1.13. The molecule has 9 heavy (non-hydrogen) atoms. The predicted octanol–water partition coefficient (Wildman–Crippen LogP) is 1.88. The summed E-state index contributed by atoms with van der Waals surface area (Å²) >= 11 is 0. The number of hydrogen-bond donors (Lipinski definition) is 0. The molecule has 0 unspecified atom stereocenters. The highest BCUT2D eigenvalue weighted by atomic mass is 19.1.